The fraction of sp³-hybridized carbons (Fsp3) is 0.941. The second-order valence-corrected chi connectivity index (χ2v) is 6.53. The van der Waals surface area contributed by atoms with E-state index in [1.54, 1.807) is 0 Å². The molecule has 136 valence electrons. The number of nitrogens with one attached hydrogen (secondary N) is 1. The van der Waals surface area contributed by atoms with E-state index < -0.39 is 0 Å². The average Bonchev–Trinajstić information content (AvgIpc) is 2.98. The van der Waals surface area contributed by atoms with Crippen molar-refractivity contribution in [2.75, 3.05) is 52.9 Å². The maximum absolute atomic E-state index is 5.73. The normalized spacial score (nSPS) is 23.9. The molecule has 1 N–H and O–H groups in total. The third-order valence-corrected chi connectivity index (χ3v) is 4.81. The van der Waals surface area contributed by atoms with Crippen LogP contribution in [0.4, 0.5) is 0 Å². The molecular formula is C17H35IN4O. The number of aliphatic imine (C=N–C) groups is 1. The van der Waals surface area contributed by atoms with Gasteiger partial charge in [0.05, 0.1) is 6.10 Å². The van der Waals surface area contributed by atoms with E-state index in [0.29, 0.717) is 6.10 Å². The highest BCUT2D eigenvalue weighted by Gasteiger charge is 2.24. The van der Waals surface area contributed by atoms with Crippen LogP contribution >= 0.6 is 24.0 Å². The minimum atomic E-state index is 0. The van der Waals surface area contributed by atoms with Crippen molar-refractivity contribution in [3.8, 4) is 0 Å². The van der Waals surface area contributed by atoms with Crippen LogP contribution in [0.5, 0.6) is 0 Å². The molecule has 2 heterocycles. The van der Waals surface area contributed by atoms with Crippen LogP contribution < -0.4 is 5.32 Å². The summed E-state index contributed by atoms with van der Waals surface area (Å²) >= 11 is 0. The molecule has 6 heteroatoms. The highest BCUT2D eigenvalue weighted by Crippen LogP contribution is 2.16. The fourth-order valence-electron chi connectivity index (χ4n) is 3.64. The molecule has 1 unspecified atom stereocenters. The molecule has 2 aliphatic heterocycles. The van der Waals surface area contributed by atoms with Crippen LogP contribution in [0.1, 0.15) is 39.5 Å². The van der Waals surface area contributed by atoms with Gasteiger partial charge in [0.25, 0.3) is 0 Å². The molecule has 0 amide bonds. The third-order valence-electron chi connectivity index (χ3n) is 4.81. The predicted molar refractivity (Wildman–Crippen MR) is 108 cm³/mol. The average molecular weight is 438 g/mol. The van der Waals surface area contributed by atoms with Gasteiger partial charge in [-0.15, -0.1) is 24.0 Å². The molecule has 0 aromatic carbocycles. The number of rotatable bonds is 6. The Morgan fingerprint density at radius 2 is 1.91 bits per heavy atom. The Kier molecular flexibility index (Phi) is 10.5. The molecule has 0 aromatic heterocycles. The molecule has 0 radical (unpaired) electrons. The van der Waals surface area contributed by atoms with E-state index in [9.17, 15) is 0 Å². The fourth-order valence-corrected chi connectivity index (χ4v) is 3.64. The lowest BCUT2D eigenvalue weighted by atomic mass is 10.1. The quantitative estimate of drug-likeness (QED) is 0.393. The first-order valence-corrected chi connectivity index (χ1v) is 9.06. The molecule has 2 rings (SSSR count). The Labute approximate surface area is 159 Å². The summed E-state index contributed by atoms with van der Waals surface area (Å²) in [5.41, 5.74) is 0. The van der Waals surface area contributed by atoms with Crippen LogP contribution in [0, 0.1) is 5.92 Å². The summed E-state index contributed by atoms with van der Waals surface area (Å²) in [6.07, 6.45) is 5.24. The highest BCUT2D eigenvalue weighted by molar-refractivity contribution is 14.0. The summed E-state index contributed by atoms with van der Waals surface area (Å²) in [6, 6.07) is 0. The highest BCUT2D eigenvalue weighted by atomic mass is 127. The predicted octanol–water partition coefficient (Wildman–Crippen LogP) is 2.41. The Balaban J connectivity index is 0.00000264. The van der Waals surface area contributed by atoms with Crippen molar-refractivity contribution in [2.45, 2.75) is 45.6 Å². The van der Waals surface area contributed by atoms with Gasteiger partial charge >= 0.3 is 0 Å². The van der Waals surface area contributed by atoms with Crippen LogP contribution in [0.25, 0.3) is 0 Å². The van der Waals surface area contributed by atoms with E-state index in [4.69, 9.17) is 4.74 Å². The Morgan fingerprint density at radius 1 is 1.17 bits per heavy atom. The van der Waals surface area contributed by atoms with E-state index >= 15 is 0 Å². The standard InChI is InChI=1S/C17H34N4O.HI/c1-4-9-20-10-6-15(14-20)13-19-17(18-3)21-11-7-16(8-12-21)22-5-2;/h15-16H,4-14H2,1-3H3,(H,18,19);1H. The van der Waals surface area contributed by atoms with Crippen molar-refractivity contribution in [2.24, 2.45) is 10.9 Å². The lowest BCUT2D eigenvalue weighted by Gasteiger charge is -2.34. The molecule has 2 saturated heterocycles. The number of halogens is 1. The zero-order valence-corrected chi connectivity index (χ0v) is 17.4. The van der Waals surface area contributed by atoms with Crippen LogP contribution in [0.3, 0.4) is 0 Å². The number of guanidine groups is 1. The lowest BCUT2D eigenvalue weighted by molar-refractivity contribution is 0.0263. The van der Waals surface area contributed by atoms with E-state index in [-0.39, 0.29) is 24.0 Å². The molecule has 2 aliphatic rings. The topological polar surface area (TPSA) is 40.1 Å². The summed E-state index contributed by atoms with van der Waals surface area (Å²) < 4.78 is 5.73. The zero-order valence-electron chi connectivity index (χ0n) is 15.1. The summed E-state index contributed by atoms with van der Waals surface area (Å²) in [4.78, 5) is 9.45. The van der Waals surface area contributed by atoms with Crippen molar-refractivity contribution in [1.29, 1.82) is 0 Å². The molecule has 2 fully saturated rings. The number of hydrogen-bond donors (Lipinski definition) is 1. The van der Waals surface area contributed by atoms with Gasteiger partial charge in [-0.1, -0.05) is 6.92 Å². The van der Waals surface area contributed by atoms with E-state index in [1.807, 2.05) is 7.05 Å². The second-order valence-electron chi connectivity index (χ2n) is 6.53. The number of piperidine rings is 1. The molecule has 1 atom stereocenters. The number of likely N-dealkylation sites (tertiary alicyclic amines) is 2. The van der Waals surface area contributed by atoms with Gasteiger partial charge in [-0.2, -0.15) is 0 Å². The molecule has 0 aromatic rings. The van der Waals surface area contributed by atoms with E-state index in [0.717, 1.165) is 51.0 Å². The van der Waals surface area contributed by atoms with Crippen LogP contribution in [-0.2, 0) is 4.74 Å². The van der Waals surface area contributed by atoms with E-state index in [1.165, 1.54) is 32.5 Å². The maximum atomic E-state index is 5.73. The summed E-state index contributed by atoms with van der Waals surface area (Å²) in [5, 5.41) is 3.60. The number of ether oxygens (including phenoxy) is 1. The first-order chi connectivity index (χ1) is 10.8. The molecule has 0 aliphatic carbocycles. The van der Waals surface area contributed by atoms with Crippen molar-refractivity contribution in [3.63, 3.8) is 0 Å². The minimum absolute atomic E-state index is 0. The Bertz CT molecular complexity index is 345. The minimum Gasteiger partial charge on any atom is -0.378 e. The van der Waals surface area contributed by atoms with Crippen molar-refractivity contribution >= 4 is 29.9 Å². The molecule has 0 saturated carbocycles. The monoisotopic (exact) mass is 438 g/mol. The van der Waals surface area contributed by atoms with Gasteiger partial charge < -0.3 is 19.9 Å². The second kappa shape index (κ2) is 11.5. The number of nitrogens with zero attached hydrogens (tertiary/aromatic N) is 3. The molecule has 0 spiro atoms. The van der Waals surface area contributed by atoms with Crippen LogP contribution in [0.15, 0.2) is 4.99 Å². The van der Waals surface area contributed by atoms with Crippen LogP contribution in [0.2, 0.25) is 0 Å². The summed E-state index contributed by atoms with van der Waals surface area (Å²) in [6.45, 7) is 12.1. The first kappa shape index (κ1) is 21.0. The molecule has 5 nitrogen and oxygen atoms in total. The van der Waals surface area contributed by atoms with E-state index in [2.05, 4.69) is 34.0 Å². The maximum Gasteiger partial charge on any atom is 0.193 e. The SMILES string of the molecule is CCCN1CCC(CNC(=NC)N2CCC(OCC)CC2)C1.I. The van der Waals surface area contributed by atoms with Crippen molar-refractivity contribution < 1.29 is 4.74 Å². The van der Waals surface area contributed by atoms with Crippen molar-refractivity contribution in [1.82, 2.24) is 15.1 Å². The largest absolute Gasteiger partial charge is 0.378 e. The smallest absolute Gasteiger partial charge is 0.193 e. The first-order valence-electron chi connectivity index (χ1n) is 9.06. The lowest BCUT2D eigenvalue weighted by Crippen LogP contribution is -2.48. The van der Waals surface area contributed by atoms with Gasteiger partial charge in [0.15, 0.2) is 5.96 Å². The Morgan fingerprint density at radius 3 is 2.52 bits per heavy atom. The summed E-state index contributed by atoms with van der Waals surface area (Å²) in [5.74, 6) is 1.84. The van der Waals surface area contributed by atoms with Gasteiger partial charge in [-0.25, -0.2) is 0 Å². The van der Waals surface area contributed by atoms with Crippen LogP contribution in [-0.4, -0.2) is 74.8 Å². The summed E-state index contributed by atoms with van der Waals surface area (Å²) in [7, 11) is 1.90. The van der Waals surface area contributed by atoms with Gasteiger partial charge in [-0.3, -0.25) is 4.99 Å². The Hall–Kier alpha value is -0.0800. The van der Waals surface area contributed by atoms with Gasteiger partial charge in [0.1, 0.15) is 0 Å². The van der Waals surface area contributed by atoms with Crippen molar-refractivity contribution in [3.05, 3.63) is 0 Å². The molecule has 23 heavy (non-hydrogen) atoms. The third kappa shape index (κ3) is 6.74. The van der Waals surface area contributed by atoms with Gasteiger partial charge in [0, 0.05) is 39.8 Å². The molecular weight excluding hydrogens is 403 g/mol. The van der Waals surface area contributed by atoms with Gasteiger partial charge in [0.2, 0.25) is 0 Å². The number of hydrogen-bond acceptors (Lipinski definition) is 3. The molecule has 0 bridgehead atoms. The van der Waals surface area contributed by atoms with Gasteiger partial charge in [-0.05, 0) is 51.6 Å². The zero-order chi connectivity index (χ0) is 15.8.